The van der Waals surface area contributed by atoms with Gasteiger partial charge < -0.3 is 0 Å². The van der Waals surface area contributed by atoms with Crippen LogP contribution < -0.4 is 5.69 Å². The van der Waals surface area contributed by atoms with E-state index in [1.54, 1.807) is 18.6 Å². The van der Waals surface area contributed by atoms with E-state index < -0.39 is 0 Å². The maximum Gasteiger partial charge on any atom is 0.350 e. The number of hydrogen-bond donors (Lipinski definition) is 0. The van der Waals surface area contributed by atoms with Crippen molar-refractivity contribution in [2.75, 3.05) is 5.33 Å². The molecular formula is C9H11BrN4O. The summed E-state index contributed by atoms with van der Waals surface area (Å²) in [6.45, 7) is 2.68. The van der Waals surface area contributed by atoms with Crippen LogP contribution in [0.3, 0.4) is 0 Å². The Balaban J connectivity index is 2.45. The highest BCUT2D eigenvalue weighted by molar-refractivity contribution is 9.09. The minimum Gasteiger partial charge on any atom is -0.259 e. The van der Waals surface area contributed by atoms with Crippen molar-refractivity contribution in [2.45, 2.75) is 13.5 Å². The van der Waals surface area contributed by atoms with Gasteiger partial charge in [0.15, 0.2) is 5.65 Å². The largest absolute Gasteiger partial charge is 0.350 e. The van der Waals surface area contributed by atoms with E-state index in [1.165, 1.54) is 9.08 Å². The molecule has 80 valence electrons. The van der Waals surface area contributed by atoms with Gasteiger partial charge in [-0.25, -0.2) is 13.9 Å². The second-order valence-corrected chi connectivity index (χ2v) is 4.18. The summed E-state index contributed by atoms with van der Waals surface area (Å²) in [5.41, 5.74) is 0.476. The molecule has 0 bridgehead atoms. The SMILES string of the molecule is CC(CBr)Cn1nc2cnccn2c1=O. The molecule has 1 atom stereocenters. The fourth-order valence-corrected chi connectivity index (χ4v) is 1.55. The third-order valence-corrected chi connectivity index (χ3v) is 3.24. The molecule has 15 heavy (non-hydrogen) atoms. The van der Waals surface area contributed by atoms with Crippen molar-refractivity contribution in [1.29, 1.82) is 0 Å². The minimum absolute atomic E-state index is 0.111. The molecule has 5 nitrogen and oxygen atoms in total. The summed E-state index contributed by atoms with van der Waals surface area (Å²) < 4.78 is 2.97. The molecule has 6 heteroatoms. The van der Waals surface area contributed by atoms with Crippen LogP contribution in [0.2, 0.25) is 0 Å². The monoisotopic (exact) mass is 270 g/mol. The van der Waals surface area contributed by atoms with Gasteiger partial charge in [0.1, 0.15) is 0 Å². The number of alkyl halides is 1. The van der Waals surface area contributed by atoms with Gasteiger partial charge in [-0.2, -0.15) is 0 Å². The molecule has 0 amide bonds. The summed E-state index contributed by atoms with van der Waals surface area (Å²) in [5, 5.41) is 5.04. The molecule has 0 radical (unpaired) electrons. The molecule has 0 aromatic carbocycles. The Morgan fingerprint density at radius 3 is 3.07 bits per heavy atom. The van der Waals surface area contributed by atoms with E-state index in [9.17, 15) is 4.79 Å². The van der Waals surface area contributed by atoms with Gasteiger partial charge in [0.05, 0.1) is 6.20 Å². The lowest BCUT2D eigenvalue weighted by atomic mass is 10.2. The van der Waals surface area contributed by atoms with E-state index in [1.807, 2.05) is 0 Å². The fraction of sp³-hybridized carbons (Fsp3) is 0.444. The van der Waals surface area contributed by atoms with E-state index in [4.69, 9.17) is 0 Å². The minimum atomic E-state index is -0.111. The van der Waals surface area contributed by atoms with Crippen LogP contribution in [0.25, 0.3) is 5.65 Å². The van der Waals surface area contributed by atoms with Crippen LogP contribution >= 0.6 is 15.9 Å². The fourth-order valence-electron chi connectivity index (χ4n) is 1.34. The maximum atomic E-state index is 11.8. The Morgan fingerprint density at radius 2 is 2.40 bits per heavy atom. The molecule has 0 N–H and O–H groups in total. The van der Waals surface area contributed by atoms with E-state index in [-0.39, 0.29) is 5.69 Å². The van der Waals surface area contributed by atoms with E-state index >= 15 is 0 Å². The van der Waals surface area contributed by atoms with Crippen molar-refractivity contribution in [2.24, 2.45) is 5.92 Å². The predicted molar refractivity (Wildman–Crippen MR) is 60.2 cm³/mol. The van der Waals surface area contributed by atoms with E-state index in [0.29, 0.717) is 18.1 Å². The van der Waals surface area contributed by atoms with Crippen LogP contribution in [0, 0.1) is 5.92 Å². The summed E-state index contributed by atoms with van der Waals surface area (Å²) in [6, 6.07) is 0. The van der Waals surface area contributed by atoms with Crippen LogP contribution in [0.15, 0.2) is 23.4 Å². The average molecular weight is 271 g/mol. The summed E-state index contributed by atoms with van der Waals surface area (Å²) in [4.78, 5) is 15.7. The van der Waals surface area contributed by atoms with Gasteiger partial charge in [-0.15, -0.1) is 5.10 Å². The summed E-state index contributed by atoms with van der Waals surface area (Å²) >= 11 is 3.38. The second-order valence-electron chi connectivity index (χ2n) is 3.53. The smallest absolute Gasteiger partial charge is 0.259 e. The van der Waals surface area contributed by atoms with Crippen LogP contribution in [-0.4, -0.2) is 24.5 Å². The number of halogens is 1. The molecule has 0 spiro atoms. The molecule has 0 aliphatic rings. The number of fused-ring (bicyclic) bond motifs is 1. The predicted octanol–water partition coefficient (Wildman–Crippen LogP) is 0.922. The first-order chi connectivity index (χ1) is 7.22. The molecule has 2 aromatic heterocycles. The van der Waals surface area contributed by atoms with Gasteiger partial charge in [0.25, 0.3) is 0 Å². The van der Waals surface area contributed by atoms with Crippen molar-refractivity contribution < 1.29 is 0 Å². The quantitative estimate of drug-likeness (QED) is 0.780. The number of rotatable bonds is 3. The Kier molecular flexibility index (Phi) is 2.86. The maximum absolute atomic E-state index is 11.8. The third-order valence-electron chi connectivity index (χ3n) is 2.14. The Bertz CT molecular complexity index is 518. The van der Waals surface area contributed by atoms with Gasteiger partial charge >= 0.3 is 5.69 Å². The average Bonchev–Trinajstić information content (AvgIpc) is 2.57. The lowest BCUT2D eigenvalue weighted by Crippen LogP contribution is -2.24. The van der Waals surface area contributed by atoms with Crippen molar-refractivity contribution in [3.8, 4) is 0 Å². The first kappa shape index (κ1) is 10.4. The van der Waals surface area contributed by atoms with E-state index in [0.717, 1.165) is 5.33 Å². The van der Waals surface area contributed by atoms with Crippen molar-refractivity contribution in [3.63, 3.8) is 0 Å². The highest BCUT2D eigenvalue weighted by atomic mass is 79.9. The summed E-state index contributed by atoms with van der Waals surface area (Å²) in [7, 11) is 0. The zero-order chi connectivity index (χ0) is 10.8. The second kappa shape index (κ2) is 4.14. The number of aromatic nitrogens is 4. The van der Waals surface area contributed by atoms with Gasteiger partial charge in [-0.3, -0.25) is 4.98 Å². The van der Waals surface area contributed by atoms with Gasteiger partial charge in [-0.05, 0) is 5.92 Å². The molecule has 1 unspecified atom stereocenters. The lowest BCUT2D eigenvalue weighted by molar-refractivity contribution is 0.479. The summed E-state index contributed by atoms with van der Waals surface area (Å²) in [6.07, 6.45) is 4.78. The molecular weight excluding hydrogens is 260 g/mol. The standard InChI is InChI=1S/C9H11BrN4O/c1-7(4-10)6-14-9(15)13-3-2-11-5-8(13)12-14/h2-3,5,7H,4,6H2,1H3. The molecule has 2 rings (SSSR count). The Labute approximate surface area is 94.9 Å². The van der Waals surface area contributed by atoms with Crippen LogP contribution in [0.5, 0.6) is 0 Å². The van der Waals surface area contributed by atoms with Crippen LogP contribution in [-0.2, 0) is 6.54 Å². The Hall–Kier alpha value is -1.17. The molecule has 2 heterocycles. The van der Waals surface area contributed by atoms with Crippen molar-refractivity contribution in [3.05, 3.63) is 29.1 Å². The molecule has 0 saturated carbocycles. The van der Waals surface area contributed by atoms with Gasteiger partial charge in [0.2, 0.25) is 0 Å². The first-order valence-corrected chi connectivity index (χ1v) is 5.79. The number of nitrogens with zero attached hydrogens (tertiary/aromatic N) is 4. The molecule has 0 aliphatic carbocycles. The molecule has 0 fully saturated rings. The summed E-state index contributed by atoms with van der Waals surface area (Å²) in [5.74, 6) is 0.376. The topological polar surface area (TPSA) is 52.2 Å². The lowest BCUT2D eigenvalue weighted by Gasteiger charge is -2.04. The highest BCUT2D eigenvalue weighted by Crippen LogP contribution is 2.02. The number of hydrogen-bond acceptors (Lipinski definition) is 3. The zero-order valence-electron chi connectivity index (χ0n) is 8.30. The van der Waals surface area contributed by atoms with Gasteiger partial charge in [-0.1, -0.05) is 22.9 Å². The molecule has 0 saturated heterocycles. The van der Waals surface area contributed by atoms with Crippen LogP contribution in [0.4, 0.5) is 0 Å². The van der Waals surface area contributed by atoms with Crippen molar-refractivity contribution in [1.82, 2.24) is 19.2 Å². The molecule has 0 aliphatic heterocycles. The van der Waals surface area contributed by atoms with Crippen LogP contribution in [0.1, 0.15) is 6.92 Å². The molecule has 2 aromatic rings. The zero-order valence-corrected chi connectivity index (χ0v) is 9.88. The third kappa shape index (κ3) is 1.94. The van der Waals surface area contributed by atoms with E-state index in [2.05, 4.69) is 32.9 Å². The Morgan fingerprint density at radius 1 is 1.60 bits per heavy atom. The first-order valence-electron chi connectivity index (χ1n) is 4.67. The highest BCUT2D eigenvalue weighted by Gasteiger charge is 2.08. The van der Waals surface area contributed by atoms with Gasteiger partial charge in [0, 0.05) is 24.3 Å². The normalized spacial score (nSPS) is 13.2. The van der Waals surface area contributed by atoms with Crippen molar-refractivity contribution >= 4 is 21.6 Å².